The van der Waals surface area contributed by atoms with E-state index in [1.807, 2.05) is 4.90 Å². The lowest BCUT2D eigenvalue weighted by Gasteiger charge is -2.32. The number of hydrogen-bond donors (Lipinski definition) is 1. The minimum absolute atomic E-state index is 0.0691. The number of hydrogen-bond acceptors (Lipinski definition) is 3. The lowest BCUT2D eigenvalue weighted by molar-refractivity contribution is -0.129. The number of nitrogens with one attached hydrogen (secondary N) is 1. The number of rotatable bonds is 4. The summed E-state index contributed by atoms with van der Waals surface area (Å²) in [4.78, 5) is 13.9. The van der Waals surface area contributed by atoms with Crippen LogP contribution in [-0.2, 0) is 4.79 Å². The van der Waals surface area contributed by atoms with Gasteiger partial charge in [-0.2, -0.15) is 11.3 Å². The quantitative estimate of drug-likeness (QED) is 0.893. The summed E-state index contributed by atoms with van der Waals surface area (Å²) < 4.78 is 0. The molecule has 0 bridgehead atoms. The predicted molar refractivity (Wildman–Crippen MR) is 70.8 cm³/mol. The van der Waals surface area contributed by atoms with Crippen LogP contribution in [0.5, 0.6) is 0 Å². The van der Waals surface area contributed by atoms with Gasteiger partial charge in [0.15, 0.2) is 0 Å². The Balaban J connectivity index is 2.15. The molecule has 2 rings (SSSR count). The van der Waals surface area contributed by atoms with Gasteiger partial charge in [-0.05, 0) is 34.2 Å². The highest BCUT2D eigenvalue weighted by Gasteiger charge is 2.34. The summed E-state index contributed by atoms with van der Waals surface area (Å²) in [6, 6.07) is 2.09. The number of amides is 1. The molecule has 0 saturated carbocycles. The predicted octanol–water partition coefficient (Wildman–Crippen LogP) is 2.61. The fourth-order valence-electron chi connectivity index (χ4n) is 2.02. The molecule has 1 amide bonds. The van der Waals surface area contributed by atoms with Gasteiger partial charge in [0, 0.05) is 6.54 Å². The first-order chi connectivity index (χ1) is 8.03. The van der Waals surface area contributed by atoms with Crippen LogP contribution < -0.4 is 5.32 Å². The molecule has 1 unspecified atom stereocenters. The van der Waals surface area contributed by atoms with Gasteiger partial charge in [0.2, 0.25) is 5.91 Å². The van der Waals surface area contributed by atoms with E-state index in [2.05, 4.69) is 42.9 Å². The maximum atomic E-state index is 11.9. The van der Waals surface area contributed by atoms with E-state index >= 15 is 0 Å². The lowest BCUT2D eigenvalue weighted by Crippen LogP contribution is -2.37. The second kappa shape index (κ2) is 4.78. The average molecular weight is 252 g/mol. The molecular weight excluding hydrogens is 232 g/mol. The van der Waals surface area contributed by atoms with Gasteiger partial charge in [0.25, 0.3) is 0 Å². The summed E-state index contributed by atoms with van der Waals surface area (Å²) in [5.74, 6) is 0.211. The molecule has 1 atom stereocenters. The van der Waals surface area contributed by atoms with E-state index in [0.717, 1.165) is 13.0 Å². The number of nitrogens with zero attached hydrogens (tertiary/aromatic N) is 1. The first-order valence-electron chi connectivity index (χ1n) is 6.08. The third-order valence-electron chi connectivity index (χ3n) is 3.49. The molecule has 94 valence electrons. The van der Waals surface area contributed by atoms with E-state index in [0.29, 0.717) is 6.54 Å². The smallest absolute Gasteiger partial charge is 0.238 e. The molecule has 17 heavy (non-hydrogen) atoms. The Labute approximate surface area is 107 Å². The zero-order valence-electron chi connectivity index (χ0n) is 10.7. The van der Waals surface area contributed by atoms with Crippen molar-refractivity contribution in [3.63, 3.8) is 0 Å². The van der Waals surface area contributed by atoms with Crippen LogP contribution in [0.2, 0.25) is 0 Å². The summed E-state index contributed by atoms with van der Waals surface area (Å²) in [6.07, 6.45) is 1.15. The fraction of sp³-hybridized carbons (Fsp3) is 0.615. The van der Waals surface area contributed by atoms with Crippen molar-refractivity contribution in [2.45, 2.75) is 33.4 Å². The highest BCUT2D eigenvalue weighted by Crippen LogP contribution is 2.29. The summed E-state index contributed by atoms with van der Waals surface area (Å²) >= 11 is 1.68. The Morgan fingerprint density at radius 2 is 2.35 bits per heavy atom. The molecule has 0 spiro atoms. The summed E-state index contributed by atoms with van der Waals surface area (Å²) in [5.41, 5.74) is 1.38. The molecule has 1 aliphatic heterocycles. The van der Waals surface area contributed by atoms with Crippen LogP contribution in [0.25, 0.3) is 0 Å². The summed E-state index contributed by atoms with van der Waals surface area (Å²) in [6.45, 7) is 7.87. The standard InChI is InChI=1S/C13H20N2OS/c1-4-13(2,3)9-15-11(16)7-14-12(15)10-5-6-17-8-10/h5-6,8,12,14H,4,7,9H2,1-3H3. The van der Waals surface area contributed by atoms with Gasteiger partial charge in [0.1, 0.15) is 6.17 Å². The van der Waals surface area contributed by atoms with Crippen molar-refractivity contribution in [3.05, 3.63) is 22.4 Å². The molecule has 1 aromatic heterocycles. The molecule has 0 aromatic carbocycles. The molecule has 1 aromatic rings. The van der Waals surface area contributed by atoms with Crippen molar-refractivity contribution in [3.8, 4) is 0 Å². The van der Waals surface area contributed by atoms with Crippen LogP contribution in [0, 0.1) is 5.41 Å². The highest BCUT2D eigenvalue weighted by molar-refractivity contribution is 7.07. The molecule has 1 saturated heterocycles. The zero-order chi connectivity index (χ0) is 12.5. The van der Waals surface area contributed by atoms with Gasteiger partial charge in [-0.15, -0.1) is 0 Å². The van der Waals surface area contributed by atoms with Crippen molar-refractivity contribution in [1.29, 1.82) is 0 Å². The molecule has 1 fully saturated rings. The number of thiophene rings is 1. The van der Waals surface area contributed by atoms with Crippen molar-refractivity contribution in [1.82, 2.24) is 10.2 Å². The van der Waals surface area contributed by atoms with Crippen LogP contribution in [0.3, 0.4) is 0 Å². The van der Waals surface area contributed by atoms with Gasteiger partial charge in [-0.1, -0.05) is 20.8 Å². The van der Waals surface area contributed by atoms with Gasteiger partial charge >= 0.3 is 0 Å². The number of carbonyl (C=O) groups excluding carboxylic acids is 1. The van der Waals surface area contributed by atoms with Crippen molar-refractivity contribution in [2.24, 2.45) is 5.41 Å². The molecule has 0 aliphatic carbocycles. The Morgan fingerprint density at radius 1 is 1.59 bits per heavy atom. The average Bonchev–Trinajstić information content (AvgIpc) is 2.90. The van der Waals surface area contributed by atoms with Crippen LogP contribution in [0.1, 0.15) is 38.9 Å². The molecule has 1 aliphatic rings. The minimum atomic E-state index is 0.0691. The first-order valence-corrected chi connectivity index (χ1v) is 7.03. The maximum absolute atomic E-state index is 11.9. The topological polar surface area (TPSA) is 32.3 Å². The Morgan fingerprint density at radius 3 is 2.94 bits per heavy atom. The monoisotopic (exact) mass is 252 g/mol. The van der Waals surface area contributed by atoms with Crippen LogP contribution >= 0.6 is 11.3 Å². The van der Waals surface area contributed by atoms with Crippen LogP contribution in [0.15, 0.2) is 16.8 Å². The van der Waals surface area contributed by atoms with Gasteiger partial charge < -0.3 is 4.90 Å². The van der Waals surface area contributed by atoms with Gasteiger partial charge in [-0.25, -0.2) is 0 Å². The molecule has 4 heteroatoms. The third-order valence-corrected chi connectivity index (χ3v) is 4.19. The lowest BCUT2D eigenvalue weighted by atomic mass is 9.89. The minimum Gasteiger partial charge on any atom is -0.321 e. The second-order valence-corrected chi connectivity index (χ2v) is 6.16. The van der Waals surface area contributed by atoms with Crippen LogP contribution in [0.4, 0.5) is 0 Å². The second-order valence-electron chi connectivity index (χ2n) is 5.38. The normalized spacial score (nSPS) is 21.2. The SMILES string of the molecule is CCC(C)(C)CN1C(=O)CNC1c1ccsc1. The molecule has 3 nitrogen and oxygen atoms in total. The van der Waals surface area contributed by atoms with Crippen molar-refractivity contribution >= 4 is 17.2 Å². The van der Waals surface area contributed by atoms with Crippen molar-refractivity contribution < 1.29 is 4.79 Å². The molecule has 1 N–H and O–H groups in total. The van der Waals surface area contributed by atoms with Gasteiger partial charge in [-0.3, -0.25) is 10.1 Å². The van der Waals surface area contributed by atoms with E-state index in [9.17, 15) is 4.79 Å². The van der Waals surface area contributed by atoms with E-state index in [1.165, 1.54) is 5.56 Å². The molecule has 2 heterocycles. The van der Waals surface area contributed by atoms with E-state index in [1.54, 1.807) is 11.3 Å². The Hall–Kier alpha value is -0.870. The van der Waals surface area contributed by atoms with Crippen molar-refractivity contribution in [2.75, 3.05) is 13.1 Å². The molecule has 0 radical (unpaired) electrons. The fourth-order valence-corrected chi connectivity index (χ4v) is 2.70. The zero-order valence-corrected chi connectivity index (χ0v) is 11.5. The maximum Gasteiger partial charge on any atom is 0.238 e. The summed E-state index contributed by atoms with van der Waals surface area (Å²) in [7, 11) is 0. The Bertz CT molecular complexity index is 386. The highest BCUT2D eigenvalue weighted by atomic mass is 32.1. The van der Waals surface area contributed by atoms with E-state index in [-0.39, 0.29) is 17.5 Å². The van der Waals surface area contributed by atoms with Crippen LogP contribution in [-0.4, -0.2) is 23.9 Å². The van der Waals surface area contributed by atoms with E-state index < -0.39 is 0 Å². The van der Waals surface area contributed by atoms with E-state index in [4.69, 9.17) is 0 Å². The Kier molecular flexibility index (Phi) is 3.54. The first kappa shape index (κ1) is 12.6. The summed E-state index contributed by atoms with van der Waals surface area (Å²) in [5, 5.41) is 7.46. The molecular formula is C13H20N2OS. The third kappa shape index (κ3) is 2.69. The number of carbonyl (C=O) groups is 1. The largest absolute Gasteiger partial charge is 0.321 e. The van der Waals surface area contributed by atoms with Gasteiger partial charge in [0.05, 0.1) is 6.54 Å².